The number of hydrogen-bond acceptors (Lipinski definition) is 6. The number of likely N-dealkylation sites (tertiary alicyclic amines) is 1. The van der Waals surface area contributed by atoms with Crippen LogP contribution < -0.4 is 15.2 Å². The zero-order valence-electron chi connectivity index (χ0n) is 21.7. The van der Waals surface area contributed by atoms with Crippen LogP contribution in [0.25, 0.3) is 10.8 Å². The van der Waals surface area contributed by atoms with Crippen LogP contribution in [0.1, 0.15) is 50.1 Å². The van der Waals surface area contributed by atoms with E-state index in [4.69, 9.17) is 30.5 Å². The minimum atomic E-state index is -4.19. The number of nitrogens with one attached hydrogen (secondary N) is 2. The number of hydrogen-bond donors (Lipinski definition) is 4. The lowest BCUT2D eigenvalue weighted by Gasteiger charge is -2.33. The number of piperidine rings is 1. The first-order chi connectivity index (χ1) is 18.2. The van der Waals surface area contributed by atoms with E-state index in [1.165, 1.54) is 0 Å². The molecule has 9 nitrogen and oxygen atoms in total. The molecule has 0 amide bonds. The van der Waals surface area contributed by atoms with Crippen LogP contribution >= 0.6 is 7.60 Å². The molecule has 10 heteroatoms. The first kappa shape index (κ1) is 27.6. The van der Waals surface area contributed by atoms with Crippen molar-refractivity contribution in [2.75, 3.05) is 19.7 Å². The molecule has 0 spiro atoms. The molecule has 3 aromatic rings. The van der Waals surface area contributed by atoms with Crippen LogP contribution in [-0.2, 0) is 9.09 Å². The summed E-state index contributed by atoms with van der Waals surface area (Å²) >= 11 is 0. The summed E-state index contributed by atoms with van der Waals surface area (Å²) in [7, 11) is -4.19. The zero-order chi connectivity index (χ0) is 27.3. The van der Waals surface area contributed by atoms with Crippen molar-refractivity contribution in [1.82, 2.24) is 4.90 Å². The monoisotopic (exact) mass is 538 g/mol. The predicted molar refractivity (Wildman–Crippen MR) is 149 cm³/mol. The van der Waals surface area contributed by atoms with Gasteiger partial charge in [0.15, 0.2) is 0 Å². The van der Waals surface area contributed by atoms with E-state index in [1.54, 1.807) is 55.5 Å². The fraction of sp³-hybridized carbons (Fsp3) is 0.357. The van der Waals surface area contributed by atoms with Crippen LogP contribution in [0.3, 0.4) is 0 Å². The normalized spacial score (nSPS) is 16.6. The third-order valence-electron chi connectivity index (χ3n) is 6.61. The smallest absolute Gasteiger partial charge is 0.372 e. The van der Waals surface area contributed by atoms with Gasteiger partial charge in [0.1, 0.15) is 23.4 Å². The standard InChI is InChI=1S/C28H35N4O5P/c1-3-26(29)32-15-13-24(14-16-32)36-23-10-8-20(9-11-23)28(38(33,34)35-4-2)37-25-12-7-19-5-6-21(27(30)31)17-22(19)18-25/h5-12,17-18,24,28-29H,3-4,13-16H2,1-2H3,(H3,30,31)(H,33,34). The first-order valence-electron chi connectivity index (χ1n) is 12.8. The summed E-state index contributed by atoms with van der Waals surface area (Å²) in [5.41, 5.74) is 6.70. The Balaban J connectivity index is 1.52. The summed E-state index contributed by atoms with van der Waals surface area (Å²) in [6, 6.07) is 17.7. The average Bonchev–Trinajstić information content (AvgIpc) is 2.91. The molecule has 3 aromatic carbocycles. The maximum Gasteiger partial charge on any atom is 0.372 e. The highest BCUT2D eigenvalue weighted by molar-refractivity contribution is 7.53. The molecule has 0 aromatic heterocycles. The van der Waals surface area contributed by atoms with Crippen molar-refractivity contribution in [3.05, 3.63) is 71.8 Å². The molecule has 2 atom stereocenters. The van der Waals surface area contributed by atoms with Gasteiger partial charge < -0.3 is 29.5 Å². The predicted octanol–water partition coefficient (Wildman–Crippen LogP) is 5.65. The molecule has 0 radical (unpaired) electrons. The van der Waals surface area contributed by atoms with Crippen molar-refractivity contribution in [2.45, 2.75) is 45.1 Å². The maximum absolute atomic E-state index is 13.1. The third-order valence-corrected chi connectivity index (χ3v) is 8.23. The lowest BCUT2D eigenvalue weighted by Crippen LogP contribution is -2.41. The minimum absolute atomic E-state index is 0.0411. The quantitative estimate of drug-likeness (QED) is 0.148. The highest BCUT2D eigenvalue weighted by atomic mass is 31.2. The Labute approximate surface area is 223 Å². The fourth-order valence-corrected chi connectivity index (χ4v) is 5.85. The van der Waals surface area contributed by atoms with E-state index in [9.17, 15) is 9.46 Å². The van der Waals surface area contributed by atoms with Crippen molar-refractivity contribution in [2.24, 2.45) is 5.73 Å². The van der Waals surface area contributed by atoms with Gasteiger partial charge in [-0.15, -0.1) is 0 Å². The van der Waals surface area contributed by atoms with E-state index in [1.807, 2.05) is 19.1 Å². The number of ether oxygens (including phenoxy) is 2. The Kier molecular flexibility index (Phi) is 8.72. The number of fused-ring (bicyclic) bond motifs is 1. The molecule has 1 aliphatic heterocycles. The van der Waals surface area contributed by atoms with Gasteiger partial charge in [0.05, 0.1) is 12.4 Å². The van der Waals surface area contributed by atoms with Crippen molar-refractivity contribution < 1.29 is 23.5 Å². The zero-order valence-corrected chi connectivity index (χ0v) is 22.6. The Morgan fingerprint density at radius 1 is 1.03 bits per heavy atom. The van der Waals surface area contributed by atoms with Crippen LogP contribution in [0.2, 0.25) is 0 Å². The molecule has 1 heterocycles. The fourth-order valence-electron chi connectivity index (χ4n) is 4.54. The molecule has 38 heavy (non-hydrogen) atoms. The Hall–Kier alpha value is -3.39. The summed E-state index contributed by atoms with van der Waals surface area (Å²) in [6.45, 7) is 5.30. The third kappa shape index (κ3) is 6.54. The van der Waals surface area contributed by atoms with E-state index in [0.717, 1.165) is 43.1 Å². The molecule has 2 unspecified atom stereocenters. The summed E-state index contributed by atoms with van der Waals surface area (Å²) in [4.78, 5) is 12.8. The van der Waals surface area contributed by atoms with Gasteiger partial charge in [0, 0.05) is 43.5 Å². The van der Waals surface area contributed by atoms with Crippen molar-refractivity contribution >= 4 is 30.0 Å². The van der Waals surface area contributed by atoms with Gasteiger partial charge in [-0.25, -0.2) is 0 Å². The molecule has 0 aliphatic carbocycles. The van der Waals surface area contributed by atoms with Crippen molar-refractivity contribution in [1.29, 1.82) is 10.8 Å². The molecular formula is C28H35N4O5P. The van der Waals surface area contributed by atoms with Gasteiger partial charge in [-0.2, -0.15) is 0 Å². The Morgan fingerprint density at radius 3 is 2.32 bits per heavy atom. The lowest BCUT2D eigenvalue weighted by molar-refractivity contribution is 0.130. The summed E-state index contributed by atoms with van der Waals surface area (Å²) in [5.74, 6) is 0.436. The summed E-state index contributed by atoms with van der Waals surface area (Å²) < 4.78 is 30.6. The number of rotatable bonds is 10. The van der Waals surface area contributed by atoms with E-state index < -0.39 is 13.4 Å². The van der Waals surface area contributed by atoms with Gasteiger partial charge in [-0.1, -0.05) is 37.3 Å². The van der Waals surface area contributed by atoms with Crippen LogP contribution in [0.4, 0.5) is 0 Å². The Bertz CT molecular complexity index is 1340. The highest BCUT2D eigenvalue weighted by Gasteiger charge is 2.36. The number of benzene rings is 3. The molecule has 4 rings (SSSR count). The van der Waals surface area contributed by atoms with Gasteiger partial charge in [0.25, 0.3) is 0 Å². The topological polar surface area (TPSA) is 142 Å². The average molecular weight is 539 g/mol. The molecule has 1 fully saturated rings. The molecule has 5 N–H and O–H groups in total. The number of nitrogens with two attached hydrogens (primary N) is 1. The lowest BCUT2D eigenvalue weighted by atomic mass is 10.1. The number of amidine groups is 2. The van der Waals surface area contributed by atoms with Gasteiger partial charge in [0.2, 0.25) is 5.85 Å². The van der Waals surface area contributed by atoms with E-state index >= 15 is 0 Å². The number of nitrogen functional groups attached to an aromatic ring is 1. The van der Waals surface area contributed by atoms with Crippen molar-refractivity contribution in [3.63, 3.8) is 0 Å². The van der Waals surface area contributed by atoms with Gasteiger partial charge in [-0.05, 0) is 48.0 Å². The second-order valence-corrected chi connectivity index (χ2v) is 11.1. The summed E-state index contributed by atoms with van der Waals surface area (Å²) in [5, 5.41) is 17.4. The molecular weight excluding hydrogens is 503 g/mol. The van der Waals surface area contributed by atoms with Gasteiger partial charge in [-0.3, -0.25) is 15.4 Å². The van der Waals surface area contributed by atoms with Crippen LogP contribution in [-0.4, -0.2) is 47.3 Å². The molecule has 0 saturated carbocycles. The SMILES string of the molecule is CCOP(=O)(O)C(Oc1ccc2ccc(C(=N)N)cc2c1)c1ccc(OC2CCN(C(=N)CC)CC2)cc1. The second-order valence-electron chi connectivity index (χ2n) is 9.26. The van der Waals surface area contributed by atoms with E-state index in [2.05, 4.69) is 4.90 Å². The molecule has 0 bridgehead atoms. The molecule has 1 saturated heterocycles. The van der Waals surface area contributed by atoms with Crippen LogP contribution in [0.5, 0.6) is 11.5 Å². The van der Waals surface area contributed by atoms with Crippen LogP contribution in [0.15, 0.2) is 60.7 Å². The maximum atomic E-state index is 13.1. The van der Waals surface area contributed by atoms with Crippen LogP contribution in [0, 0.1) is 10.8 Å². The largest absolute Gasteiger partial charge is 0.490 e. The molecule has 1 aliphatic rings. The van der Waals surface area contributed by atoms with E-state index in [0.29, 0.717) is 28.5 Å². The van der Waals surface area contributed by atoms with E-state index in [-0.39, 0.29) is 18.5 Å². The number of nitrogens with zero attached hydrogens (tertiary/aromatic N) is 1. The highest BCUT2D eigenvalue weighted by Crippen LogP contribution is 2.57. The molecule has 202 valence electrons. The van der Waals surface area contributed by atoms with Gasteiger partial charge >= 0.3 is 7.60 Å². The second kappa shape index (κ2) is 12.0. The Morgan fingerprint density at radius 2 is 1.68 bits per heavy atom. The minimum Gasteiger partial charge on any atom is -0.490 e. The first-order valence-corrected chi connectivity index (χ1v) is 14.5. The summed E-state index contributed by atoms with van der Waals surface area (Å²) in [6.07, 6.45) is 2.45. The van der Waals surface area contributed by atoms with Crippen molar-refractivity contribution in [3.8, 4) is 11.5 Å².